The predicted molar refractivity (Wildman–Crippen MR) is 88.2 cm³/mol. The summed E-state index contributed by atoms with van der Waals surface area (Å²) < 4.78 is 6.62. The molecule has 114 valence electrons. The van der Waals surface area contributed by atoms with Crippen molar-refractivity contribution in [3.8, 4) is 5.88 Å². The molecular formula is C17H17BrN2O2. The van der Waals surface area contributed by atoms with Crippen molar-refractivity contribution in [2.75, 3.05) is 13.1 Å². The number of carbonyl (C=O) groups excluding carboxylic acids is 1. The third kappa shape index (κ3) is 3.14. The average molecular weight is 361 g/mol. The molecule has 5 heteroatoms. The minimum atomic E-state index is 0.000978. The Hall–Kier alpha value is -1.88. The van der Waals surface area contributed by atoms with Crippen LogP contribution in [0.2, 0.25) is 0 Å². The zero-order chi connectivity index (χ0) is 15.7. The molecule has 1 fully saturated rings. The third-order valence-corrected chi connectivity index (χ3v) is 4.21. The first kappa shape index (κ1) is 15.0. The maximum atomic E-state index is 12.4. The highest BCUT2D eigenvalue weighted by Gasteiger charge is 2.33. The summed E-state index contributed by atoms with van der Waals surface area (Å²) in [6.45, 7) is 5.19. The van der Waals surface area contributed by atoms with E-state index >= 15 is 0 Å². The van der Waals surface area contributed by atoms with Crippen LogP contribution in [0.5, 0.6) is 5.88 Å². The summed E-state index contributed by atoms with van der Waals surface area (Å²) in [5.41, 5.74) is 2.96. The van der Waals surface area contributed by atoms with E-state index in [1.54, 1.807) is 11.1 Å². The third-order valence-electron chi connectivity index (χ3n) is 3.61. The minimum Gasteiger partial charge on any atom is -0.470 e. The Morgan fingerprint density at radius 1 is 1.27 bits per heavy atom. The molecule has 1 aliphatic heterocycles. The van der Waals surface area contributed by atoms with Gasteiger partial charge >= 0.3 is 0 Å². The molecule has 22 heavy (non-hydrogen) atoms. The number of carbonyl (C=O) groups is 1. The standard InChI is InChI=1S/C17H17BrN2O2/c1-11-6-12(2)8-13(7-11)17(21)20-9-14(10-20)22-16-15(18)4-3-5-19-16/h3-8,14H,9-10H2,1-2H3. The van der Waals surface area contributed by atoms with Gasteiger partial charge < -0.3 is 9.64 Å². The number of hydrogen-bond acceptors (Lipinski definition) is 3. The Kier molecular flexibility index (Phi) is 4.16. The second-order valence-electron chi connectivity index (χ2n) is 5.62. The van der Waals surface area contributed by atoms with E-state index in [2.05, 4.69) is 27.0 Å². The van der Waals surface area contributed by atoms with Gasteiger partial charge in [0.15, 0.2) is 0 Å². The second kappa shape index (κ2) is 6.08. The van der Waals surface area contributed by atoms with Gasteiger partial charge in [-0.25, -0.2) is 4.98 Å². The molecule has 0 radical (unpaired) electrons. The molecule has 1 saturated heterocycles. The van der Waals surface area contributed by atoms with E-state index in [1.807, 2.05) is 38.1 Å². The lowest BCUT2D eigenvalue weighted by molar-refractivity contribution is 0.0157. The lowest BCUT2D eigenvalue weighted by Crippen LogP contribution is -2.56. The number of benzene rings is 1. The molecule has 0 N–H and O–H groups in total. The van der Waals surface area contributed by atoms with Gasteiger partial charge in [-0.15, -0.1) is 0 Å². The fraction of sp³-hybridized carbons (Fsp3) is 0.294. The van der Waals surface area contributed by atoms with Crippen LogP contribution >= 0.6 is 15.9 Å². The lowest BCUT2D eigenvalue weighted by atomic mass is 10.0. The largest absolute Gasteiger partial charge is 0.470 e. The van der Waals surface area contributed by atoms with Crippen LogP contribution in [-0.2, 0) is 0 Å². The predicted octanol–water partition coefficient (Wildman–Crippen LogP) is 3.36. The van der Waals surface area contributed by atoms with Gasteiger partial charge in [-0.3, -0.25) is 4.79 Å². The first-order valence-corrected chi connectivity index (χ1v) is 7.97. The fourth-order valence-corrected chi connectivity index (χ4v) is 2.92. The highest BCUT2D eigenvalue weighted by molar-refractivity contribution is 9.10. The number of likely N-dealkylation sites (tertiary alicyclic amines) is 1. The van der Waals surface area contributed by atoms with Crippen LogP contribution in [-0.4, -0.2) is 35.0 Å². The normalized spacial score (nSPS) is 14.6. The van der Waals surface area contributed by atoms with E-state index in [-0.39, 0.29) is 12.0 Å². The molecule has 1 amide bonds. The quantitative estimate of drug-likeness (QED) is 0.842. The number of pyridine rings is 1. The van der Waals surface area contributed by atoms with E-state index in [1.165, 1.54) is 0 Å². The summed E-state index contributed by atoms with van der Waals surface area (Å²) >= 11 is 3.41. The van der Waals surface area contributed by atoms with Crippen LogP contribution in [0, 0.1) is 13.8 Å². The number of aryl methyl sites for hydroxylation is 2. The minimum absolute atomic E-state index is 0.000978. The molecule has 3 rings (SSSR count). The number of ether oxygens (including phenoxy) is 1. The van der Waals surface area contributed by atoms with Gasteiger partial charge in [0.1, 0.15) is 6.10 Å². The Balaban J connectivity index is 1.61. The van der Waals surface area contributed by atoms with Gasteiger partial charge in [0, 0.05) is 11.8 Å². The highest BCUT2D eigenvalue weighted by Crippen LogP contribution is 2.25. The molecule has 0 bridgehead atoms. The summed E-state index contributed by atoms with van der Waals surface area (Å²) in [5.74, 6) is 0.637. The van der Waals surface area contributed by atoms with E-state index in [9.17, 15) is 4.79 Å². The van der Waals surface area contributed by atoms with Crippen LogP contribution in [0.4, 0.5) is 0 Å². The molecule has 4 nitrogen and oxygen atoms in total. The van der Waals surface area contributed by atoms with Crippen LogP contribution in [0.15, 0.2) is 41.0 Å². The maximum Gasteiger partial charge on any atom is 0.254 e. The van der Waals surface area contributed by atoms with Gasteiger partial charge in [0.25, 0.3) is 5.91 Å². The number of rotatable bonds is 3. The van der Waals surface area contributed by atoms with Gasteiger partial charge in [-0.2, -0.15) is 0 Å². The SMILES string of the molecule is Cc1cc(C)cc(C(=O)N2CC(Oc3ncccc3Br)C2)c1. The van der Waals surface area contributed by atoms with Crippen LogP contribution in [0.3, 0.4) is 0 Å². The zero-order valence-corrected chi connectivity index (χ0v) is 14.1. The van der Waals surface area contributed by atoms with Crippen LogP contribution in [0.25, 0.3) is 0 Å². The molecule has 2 heterocycles. The smallest absolute Gasteiger partial charge is 0.254 e. The van der Waals surface area contributed by atoms with Gasteiger partial charge in [0.2, 0.25) is 5.88 Å². The Morgan fingerprint density at radius 2 is 1.95 bits per heavy atom. The summed E-state index contributed by atoms with van der Waals surface area (Å²) in [5, 5.41) is 0. The zero-order valence-electron chi connectivity index (χ0n) is 12.5. The van der Waals surface area contributed by atoms with Crippen LogP contribution in [0.1, 0.15) is 21.5 Å². The number of aromatic nitrogens is 1. The van der Waals surface area contributed by atoms with E-state index in [0.717, 1.165) is 21.2 Å². The summed E-state index contributed by atoms with van der Waals surface area (Å²) in [7, 11) is 0. The molecule has 1 aliphatic rings. The van der Waals surface area contributed by atoms with Crippen molar-refractivity contribution in [3.05, 3.63) is 57.7 Å². The number of halogens is 1. The summed E-state index contributed by atoms with van der Waals surface area (Å²) in [6.07, 6.45) is 1.69. The molecule has 0 atom stereocenters. The molecule has 0 unspecified atom stereocenters. The molecular weight excluding hydrogens is 344 g/mol. The Labute approximate surface area is 138 Å². The monoisotopic (exact) mass is 360 g/mol. The van der Waals surface area contributed by atoms with E-state index in [0.29, 0.717) is 19.0 Å². The van der Waals surface area contributed by atoms with Crippen molar-refractivity contribution in [3.63, 3.8) is 0 Å². The maximum absolute atomic E-state index is 12.4. The fourth-order valence-electron chi connectivity index (χ4n) is 2.58. The summed E-state index contributed by atoms with van der Waals surface area (Å²) in [6, 6.07) is 9.65. The number of nitrogens with zero attached hydrogens (tertiary/aromatic N) is 2. The lowest BCUT2D eigenvalue weighted by Gasteiger charge is -2.38. The second-order valence-corrected chi connectivity index (χ2v) is 6.47. The molecule has 0 spiro atoms. The topological polar surface area (TPSA) is 42.4 Å². The first-order valence-electron chi connectivity index (χ1n) is 7.17. The summed E-state index contributed by atoms with van der Waals surface area (Å²) in [4.78, 5) is 18.4. The van der Waals surface area contributed by atoms with E-state index < -0.39 is 0 Å². The highest BCUT2D eigenvalue weighted by atomic mass is 79.9. The van der Waals surface area contributed by atoms with Gasteiger partial charge in [0.05, 0.1) is 17.6 Å². The molecule has 0 saturated carbocycles. The first-order chi connectivity index (χ1) is 10.5. The van der Waals surface area contributed by atoms with Crippen molar-refractivity contribution >= 4 is 21.8 Å². The number of hydrogen-bond donors (Lipinski definition) is 0. The number of amides is 1. The van der Waals surface area contributed by atoms with Crippen molar-refractivity contribution in [2.45, 2.75) is 20.0 Å². The van der Waals surface area contributed by atoms with Gasteiger partial charge in [-0.05, 0) is 54.0 Å². The van der Waals surface area contributed by atoms with E-state index in [4.69, 9.17) is 4.74 Å². The Morgan fingerprint density at radius 3 is 2.59 bits per heavy atom. The van der Waals surface area contributed by atoms with Crippen molar-refractivity contribution < 1.29 is 9.53 Å². The molecule has 1 aromatic carbocycles. The van der Waals surface area contributed by atoms with Crippen molar-refractivity contribution in [2.24, 2.45) is 0 Å². The average Bonchev–Trinajstić information content (AvgIpc) is 2.42. The van der Waals surface area contributed by atoms with Crippen molar-refractivity contribution in [1.82, 2.24) is 9.88 Å². The van der Waals surface area contributed by atoms with Crippen LogP contribution < -0.4 is 4.74 Å². The molecule has 2 aromatic rings. The van der Waals surface area contributed by atoms with Gasteiger partial charge in [-0.1, -0.05) is 17.2 Å². The van der Waals surface area contributed by atoms with Crippen molar-refractivity contribution in [1.29, 1.82) is 0 Å². The molecule has 1 aromatic heterocycles. The molecule has 0 aliphatic carbocycles. The Bertz CT molecular complexity index is 691.